The van der Waals surface area contributed by atoms with Gasteiger partial charge in [0, 0.05) is 17.9 Å². The van der Waals surface area contributed by atoms with Crippen LogP contribution in [-0.2, 0) is 14.3 Å². The highest BCUT2D eigenvalue weighted by atomic mass is 16.6. The van der Waals surface area contributed by atoms with Crippen molar-refractivity contribution in [1.82, 2.24) is 0 Å². The van der Waals surface area contributed by atoms with Crippen molar-refractivity contribution in [3.8, 4) is 0 Å². The maximum Gasteiger partial charge on any atom is 0.330 e. The minimum absolute atomic E-state index is 0.137. The van der Waals surface area contributed by atoms with E-state index in [4.69, 9.17) is 4.74 Å². The molecule has 1 aliphatic heterocycles. The fourth-order valence-electron chi connectivity index (χ4n) is 3.62. The molecule has 1 saturated carbocycles. The quantitative estimate of drug-likeness (QED) is 0.373. The van der Waals surface area contributed by atoms with E-state index < -0.39 is 0 Å². The molecule has 1 aliphatic carbocycles. The predicted molar refractivity (Wildman–Crippen MR) is 76.2 cm³/mol. The summed E-state index contributed by atoms with van der Waals surface area (Å²) in [5.74, 6) is -0.359. The van der Waals surface area contributed by atoms with Crippen LogP contribution in [-0.4, -0.2) is 35.5 Å². The molecule has 0 aromatic carbocycles. The second-order valence-electron chi connectivity index (χ2n) is 6.76. The first-order valence-corrected chi connectivity index (χ1v) is 6.99. The minimum Gasteiger partial charge on any atom is -0.466 e. The molecule has 2 aliphatic rings. The first-order valence-electron chi connectivity index (χ1n) is 6.99. The molecular weight excluding hydrogens is 256 g/mol. The van der Waals surface area contributed by atoms with E-state index in [1.54, 1.807) is 0 Å². The Morgan fingerprint density at radius 2 is 2.00 bits per heavy atom. The third-order valence-electron chi connectivity index (χ3n) is 4.63. The van der Waals surface area contributed by atoms with Crippen LogP contribution >= 0.6 is 0 Å². The van der Waals surface area contributed by atoms with Crippen molar-refractivity contribution in [2.24, 2.45) is 5.41 Å². The molecule has 1 saturated heterocycles. The van der Waals surface area contributed by atoms with Crippen LogP contribution in [0.4, 0.5) is 0 Å². The number of hydrogen-bond acceptors (Lipinski definition) is 4. The Bertz CT molecular complexity index is 477. The van der Waals surface area contributed by atoms with Gasteiger partial charge in [0.15, 0.2) is 0 Å². The van der Waals surface area contributed by atoms with E-state index in [9.17, 15) is 9.90 Å². The van der Waals surface area contributed by atoms with Crippen LogP contribution in [0, 0.1) is 5.41 Å². The molecule has 4 nitrogen and oxygen atoms in total. The Balaban J connectivity index is 2.21. The Labute approximate surface area is 120 Å². The van der Waals surface area contributed by atoms with Crippen LogP contribution in [0.2, 0.25) is 0 Å². The average molecular weight is 280 g/mol. The largest absolute Gasteiger partial charge is 0.466 e. The highest BCUT2D eigenvalue weighted by molar-refractivity contribution is 5.83. The van der Waals surface area contributed by atoms with Gasteiger partial charge in [-0.1, -0.05) is 19.9 Å². The molecule has 3 atom stereocenters. The second-order valence-corrected chi connectivity index (χ2v) is 6.76. The van der Waals surface area contributed by atoms with E-state index in [0.29, 0.717) is 12.8 Å². The van der Waals surface area contributed by atoms with E-state index in [1.807, 2.05) is 26.0 Å². The second kappa shape index (κ2) is 4.71. The van der Waals surface area contributed by atoms with Crippen molar-refractivity contribution in [2.45, 2.75) is 57.8 Å². The number of aliphatic hydroxyl groups is 1. The first-order chi connectivity index (χ1) is 9.16. The van der Waals surface area contributed by atoms with Crippen LogP contribution in [0.15, 0.2) is 23.8 Å². The zero-order valence-corrected chi connectivity index (χ0v) is 12.9. The molecule has 0 radical (unpaired) electrons. The zero-order chi connectivity index (χ0) is 15.2. The lowest BCUT2D eigenvalue weighted by atomic mass is 9.63. The maximum absolute atomic E-state index is 11.2. The Morgan fingerprint density at radius 3 is 2.55 bits per heavy atom. The Hall–Kier alpha value is -1.13. The van der Waals surface area contributed by atoms with Crippen molar-refractivity contribution < 1.29 is 19.4 Å². The summed E-state index contributed by atoms with van der Waals surface area (Å²) in [6, 6.07) is 0. The van der Waals surface area contributed by atoms with Crippen molar-refractivity contribution in [1.29, 1.82) is 0 Å². The van der Waals surface area contributed by atoms with Crippen molar-refractivity contribution >= 4 is 5.97 Å². The van der Waals surface area contributed by atoms with E-state index in [-0.39, 0.29) is 28.7 Å². The maximum atomic E-state index is 11.2. The fraction of sp³-hybridized carbons (Fsp3) is 0.688. The fourth-order valence-corrected chi connectivity index (χ4v) is 3.62. The van der Waals surface area contributed by atoms with Gasteiger partial charge < -0.3 is 14.6 Å². The number of fused-ring (bicyclic) bond motifs is 1. The minimum atomic E-state index is -0.359. The van der Waals surface area contributed by atoms with Crippen molar-refractivity contribution in [3.63, 3.8) is 0 Å². The number of carbonyl (C=O) groups is 1. The number of ether oxygens (including phenoxy) is 2. The molecule has 2 fully saturated rings. The van der Waals surface area contributed by atoms with Gasteiger partial charge in [0.2, 0.25) is 0 Å². The van der Waals surface area contributed by atoms with E-state index in [1.165, 1.54) is 13.2 Å². The normalized spacial score (nSPS) is 39.5. The molecular formula is C16H24O4. The Morgan fingerprint density at radius 1 is 1.35 bits per heavy atom. The van der Waals surface area contributed by atoms with Gasteiger partial charge in [-0.25, -0.2) is 4.79 Å². The highest BCUT2D eigenvalue weighted by Crippen LogP contribution is 2.66. The standard InChI is InChI=1S/C16H24O4/c1-11(8-13(18)19-5)6-7-16-14(2,3)9-12(17)10-15(16,4)20-16/h6-8,12,17H,9-10H2,1-5H3/b7-6+,11-8-/t12-,15+,16-/m0/s1. The zero-order valence-electron chi connectivity index (χ0n) is 12.9. The number of aliphatic hydroxyl groups excluding tert-OH is 1. The summed E-state index contributed by atoms with van der Waals surface area (Å²) in [6.45, 7) is 8.13. The smallest absolute Gasteiger partial charge is 0.330 e. The summed E-state index contributed by atoms with van der Waals surface area (Å²) in [6.07, 6.45) is 6.45. The number of allylic oxidation sites excluding steroid dienone is 2. The molecule has 0 amide bonds. The Kier molecular flexibility index (Phi) is 3.59. The number of esters is 1. The third kappa shape index (κ3) is 2.31. The van der Waals surface area contributed by atoms with Gasteiger partial charge in [0.05, 0.1) is 13.2 Å². The number of methoxy groups -OCH3 is 1. The van der Waals surface area contributed by atoms with Crippen molar-refractivity contribution in [2.75, 3.05) is 7.11 Å². The summed E-state index contributed by atoms with van der Waals surface area (Å²) < 4.78 is 10.6. The average Bonchev–Trinajstić information content (AvgIpc) is 2.92. The molecule has 112 valence electrons. The summed E-state index contributed by atoms with van der Waals surface area (Å²) in [5, 5.41) is 9.97. The van der Waals surface area contributed by atoms with Crippen LogP contribution < -0.4 is 0 Å². The predicted octanol–water partition coefficient (Wildman–Crippen LogP) is 2.37. The molecule has 20 heavy (non-hydrogen) atoms. The molecule has 0 aromatic rings. The van der Waals surface area contributed by atoms with Gasteiger partial charge in [-0.15, -0.1) is 0 Å². The lowest BCUT2D eigenvalue weighted by molar-refractivity contribution is -0.134. The lowest BCUT2D eigenvalue weighted by Crippen LogP contribution is -2.46. The van der Waals surface area contributed by atoms with Crippen LogP contribution in [0.1, 0.15) is 40.5 Å². The van der Waals surface area contributed by atoms with Crippen molar-refractivity contribution in [3.05, 3.63) is 23.8 Å². The number of carbonyl (C=O) groups excluding carboxylic acids is 1. The molecule has 0 spiro atoms. The van der Waals surface area contributed by atoms with Gasteiger partial charge in [-0.05, 0) is 31.9 Å². The number of rotatable bonds is 3. The van der Waals surface area contributed by atoms with Gasteiger partial charge in [-0.2, -0.15) is 0 Å². The van der Waals surface area contributed by atoms with E-state index >= 15 is 0 Å². The molecule has 0 bridgehead atoms. The van der Waals surface area contributed by atoms with E-state index in [0.717, 1.165) is 5.57 Å². The molecule has 0 unspecified atom stereocenters. The number of epoxide rings is 1. The topological polar surface area (TPSA) is 59.1 Å². The lowest BCUT2D eigenvalue weighted by Gasteiger charge is -2.39. The summed E-state index contributed by atoms with van der Waals surface area (Å²) in [7, 11) is 1.36. The SMILES string of the molecule is COC(=O)/C=C(C)\C=C\[C@@]12O[C@]1(C)C[C@@H](O)CC2(C)C. The molecule has 1 N–H and O–H groups in total. The molecule has 1 heterocycles. The summed E-state index contributed by atoms with van der Waals surface area (Å²) >= 11 is 0. The van der Waals surface area contributed by atoms with Gasteiger partial charge in [-0.3, -0.25) is 0 Å². The first kappa shape index (κ1) is 15.3. The van der Waals surface area contributed by atoms with E-state index in [2.05, 4.69) is 18.6 Å². The van der Waals surface area contributed by atoms with Gasteiger partial charge >= 0.3 is 5.97 Å². The summed E-state index contributed by atoms with van der Waals surface area (Å²) in [5.41, 5.74) is 0.0215. The van der Waals surface area contributed by atoms with Gasteiger partial charge in [0.1, 0.15) is 11.2 Å². The van der Waals surface area contributed by atoms with Gasteiger partial charge in [0.25, 0.3) is 0 Å². The third-order valence-corrected chi connectivity index (χ3v) is 4.63. The van der Waals surface area contributed by atoms with Crippen LogP contribution in [0.3, 0.4) is 0 Å². The molecule has 2 rings (SSSR count). The monoisotopic (exact) mass is 280 g/mol. The van der Waals surface area contributed by atoms with Crippen LogP contribution in [0.25, 0.3) is 0 Å². The molecule has 0 aromatic heterocycles. The molecule has 4 heteroatoms. The summed E-state index contributed by atoms with van der Waals surface area (Å²) in [4.78, 5) is 11.2. The number of hydrogen-bond donors (Lipinski definition) is 1. The highest BCUT2D eigenvalue weighted by Gasteiger charge is 2.74. The van der Waals surface area contributed by atoms with Crippen LogP contribution in [0.5, 0.6) is 0 Å².